The molecule has 0 aromatic carbocycles. The van der Waals surface area contributed by atoms with Crippen LogP contribution in [0.3, 0.4) is 0 Å². The van der Waals surface area contributed by atoms with Gasteiger partial charge in [0.2, 0.25) is 0 Å². The van der Waals surface area contributed by atoms with Crippen LogP contribution in [0.4, 0.5) is 0 Å². The molecular formula is C15H35N4S2+. The van der Waals surface area contributed by atoms with E-state index in [1.165, 1.54) is 82.3 Å². The first-order valence-corrected chi connectivity index (χ1v) is 9.66. The molecule has 6 heteroatoms. The lowest BCUT2D eigenvalue weighted by Crippen LogP contribution is -2.42. The number of hydrogen-bond donors (Lipinski definition) is 2. The summed E-state index contributed by atoms with van der Waals surface area (Å²) in [4.78, 5) is 2.49. The summed E-state index contributed by atoms with van der Waals surface area (Å²) in [5.41, 5.74) is 10.8. The van der Waals surface area contributed by atoms with Crippen molar-refractivity contribution < 1.29 is 4.48 Å². The van der Waals surface area contributed by atoms with Crippen LogP contribution in [0.1, 0.15) is 38.5 Å². The van der Waals surface area contributed by atoms with Gasteiger partial charge in [-0.1, -0.05) is 0 Å². The first kappa shape index (κ1) is 21.3. The van der Waals surface area contributed by atoms with E-state index in [-0.39, 0.29) is 0 Å². The molecule has 0 radical (unpaired) electrons. The van der Waals surface area contributed by atoms with Crippen molar-refractivity contribution in [1.82, 2.24) is 4.90 Å². The van der Waals surface area contributed by atoms with Crippen molar-refractivity contribution >= 4 is 22.4 Å². The molecule has 0 spiro atoms. The Morgan fingerprint density at radius 2 is 1.43 bits per heavy atom. The zero-order chi connectivity index (χ0) is 16.0. The minimum atomic E-state index is 0.844. The molecule has 0 saturated carbocycles. The van der Waals surface area contributed by atoms with Crippen molar-refractivity contribution in [3.8, 4) is 0 Å². The van der Waals surface area contributed by atoms with E-state index in [0.717, 1.165) is 13.1 Å². The molecular weight excluding hydrogens is 300 g/mol. The highest BCUT2D eigenvalue weighted by atomic mass is 32.8. The molecule has 0 aromatic rings. The highest BCUT2D eigenvalue weighted by Crippen LogP contribution is 2.15. The van der Waals surface area contributed by atoms with Gasteiger partial charge < -0.3 is 20.9 Å². The fourth-order valence-corrected chi connectivity index (χ4v) is 3.12. The molecule has 2 aliphatic heterocycles. The number of rotatable bonds is 6. The maximum Gasteiger partial charge on any atom is 0.0796 e. The molecule has 2 saturated heterocycles. The van der Waals surface area contributed by atoms with Crippen LogP contribution in [0.5, 0.6) is 0 Å². The third kappa shape index (κ3) is 10.6. The molecule has 4 N–H and O–H groups in total. The van der Waals surface area contributed by atoms with E-state index in [0.29, 0.717) is 0 Å². The quantitative estimate of drug-likeness (QED) is 0.709. The summed E-state index contributed by atoms with van der Waals surface area (Å²) in [7, 11) is 2.35. The normalized spacial score (nSPS) is 20.3. The predicted molar refractivity (Wildman–Crippen MR) is 97.8 cm³/mol. The number of hydrogen-bond acceptors (Lipinski definition) is 5. The first-order chi connectivity index (χ1) is 10.2. The zero-order valence-electron chi connectivity index (χ0n) is 13.8. The molecule has 2 rings (SSSR count). The molecule has 2 heterocycles. The Bertz CT molecular complexity index is 230. The standard InChI is InChI=1S/C8H19N2.C7H16N2.S2/c1-10(8-4-5-9)6-2-3-7-10;8-4-3-7-9-5-1-2-6-9;1-2/h2-9H2,1H3;1-8H2;/q+1;;. The van der Waals surface area contributed by atoms with E-state index in [9.17, 15) is 0 Å². The molecule has 0 aromatic heterocycles. The summed E-state index contributed by atoms with van der Waals surface area (Å²) in [6, 6.07) is 0. The van der Waals surface area contributed by atoms with Crippen LogP contribution in [-0.4, -0.2) is 68.8 Å². The van der Waals surface area contributed by atoms with Gasteiger partial charge >= 0.3 is 0 Å². The minimum Gasteiger partial charge on any atom is -0.330 e. The summed E-state index contributed by atoms with van der Waals surface area (Å²) in [5.74, 6) is 0. The average molecular weight is 336 g/mol. The minimum absolute atomic E-state index is 0.844. The SMILES string of the molecule is C[N+]1(CCCN)CCCC1.NCCCN1CCCC1.S=S. The van der Waals surface area contributed by atoms with Crippen molar-refractivity contribution in [2.75, 3.05) is 59.4 Å². The van der Waals surface area contributed by atoms with E-state index in [1.54, 1.807) is 0 Å². The van der Waals surface area contributed by atoms with Gasteiger partial charge in [-0.3, -0.25) is 0 Å². The van der Waals surface area contributed by atoms with Gasteiger partial charge in [0.1, 0.15) is 0 Å². The lowest BCUT2D eigenvalue weighted by molar-refractivity contribution is -0.897. The van der Waals surface area contributed by atoms with Crippen LogP contribution in [0.2, 0.25) is 0 Å². The Morgan fingerprint density at radius 1 is 0.905 bits per heavy atom. The van der Waals surface area contributed by atoms with Crippen LogP contribution >= 0.6 is 0 Å². The third-order valence-electron chi connectivity index (χ3n) is 4.43. The summed E-state index contributed by atoms with van der Waals surface area (Å²) >= 11 is 7.33. The van der Waals surface area contributed by atoms with Crippen LogP contribution in [0, 0.1) is 0 Å². The van der Waals surface area contributed by atoms with E-state index in [1.807, 2.05) is 0 Å². The van der Waals surface area contributed by atoms with Crippen LogP contribution in [0.25, 0.3) is 0 Å². The summed E-state index contributed by atoms with van der Waals surface area (Å²) in [6.45, 7) is 9.57. The van der Waals surface area contributed by atoms with Crippen molar-refractivity contribution in [3.63, 3.8) is 0 Å². The van der Waals surface area contributed by atoms with Crippen LogP contribution < -0.4 is 11.5 Å². The Balaban J connectivity index is 0.000000342. The molecule has 0 amide bonds. The smallest absolute Gasteiger partial charge is 0.0796 e. The first-order valence-electron chi connectivity index (χ1n) is 8.33. The Labute approximate surface area is 141 Å². The van der Waals surface area contributed by atoms with Gasteiger partial charge in [-0.25, -0.2) is 0 Å². The zero-order valence-corrected chi connectivity index (χ0v) is 15.4. The molecule has 126 valence electrons. The maximum atomic E-state index is 5.46. The second kappa shape index (κ2) is 13.9. The van der Waals surface area contributed by atoms with E-state index >= 15 is 0 Å². The number of quaternary nitrogens is 1. The van der Waals surface area contributed by atoms with Crippen molar-refractivity contribution in [2.45, 2.75) is 38.5 Å². The number of nitrogens with two attached hydrogens (primary N) is 2. The summed E-state index contributed by atoms with van der Waals surface area (Å²) < 4.78 is 1.27. The Kier molecular flexibility index (Phi) is 14.1. The van der Waals surface area contributed by atoms with Gasteiger partial charge in [0, 0.05) is 41.6 Å². The van der Waals surface area contributed by atoms with E-state index in [4.69, 9.17) is 11.5 Å². The predicted octanol–water partition coefficient (Wildman–Crippen LogP) is 1.00. The van der Waals surface area contributed by atoms with Crippen molar-refractivity contribution in [2.24, 2.45) is 11.5 Å². The largest absolute Gasteiger partial charge is 0.330 e. The van der Waals surface area contributed by atoms with Gasteiger partial charge in [-0.15, -0.1) is 0 Å². The average Bonchev–Trinajstić information content (AvgIpc) is 3.18. The summed E-state index contributed by atoms with van der Waals surface area (Å²) in [5, 5.41) is 0. The van der Waals surface area contributed by atoms with Crippen LogP contribution in [0.15, 0.2) is 0 Å². The number of nitrogens with zero attached hydrogens (tertiary/aromatic N) is 2. The molecule has 0 aliphatic carbocycles. The van der Waals surface area contributed by atoms with Gasteiger partial charge in [0.15, 0.2) is 0 Å². The maximum absolute atomic E-state index is 5.46. The topological polar surface area (TPSA) is 55.3 Å². The van der Waals surface area contributed by atoms with E-state index in [2.05, 4.69) is 34.3 Å². The monoisotopic (exact) mass is 335 g/mol. The van der Waals surface area contributed by atoms with Gasteiger partial charge in [0.05, 0.1) is 26.7 Å². The molecule has 0 atom stereocenters. The molecule has 2 fully saturated rings. The van der Waals surface area contributed by atoms with Gasteiger partial charge in [0.25, 0.3) is 0 Å². The highest BCUT2D eigenvalue weighted by Gasteiger charge is 2.25. The lowest BCUT2D eigenvalue weighted by Gasteiger charge is -2.28. The Hall–Kier alpha value is 0.280. The second-order valence-corrected chi connectivity index (χ2v) is 6.33. The highest BCUT2D eigenvalue weighted by molar-refractivity contribution is 8.07. The molecule has 0 unspecified atom stereocenters. The summed E-state index contributed by atoms with van der Waals surface area (Å²) in [6.07, 6.45) is 7.98. The lowest BCUT2D eigenvalue weighted by atomic mass is 10.3. The second-order valence-electron chi connectivity index (χ2n) is 6.33. The van der Waals surface area contributed by atoms with Gasteiger partial charge in [-0.2, -0.15) is 0 Å². The fourth-order valence-electron chi connectivity index (χ4n) is 3.12. The van der Waals surface area contributed by atoms with Crippen LogP contribution in [-0.2, 0) is 22.4 Å². The third-order valence-corrected chi connectivity index (χ3v) is 4.43. The molecule has 2 aliphatic rings. The van der Waals surface area contributed by atoms with Crippen molar-refractivity contribution in [1.29, 1.82) is 0 Å². The van der Waals surface area contributed by atoms with Gasteiger partial charge in [-0.05, 0) is 52.0 Å². The Morgan fingerprint density at radius 3 is 1.90 bits per heavy atom. The molecule has 4 nitrogen and oxygen atoms in total. The fraction of sp³-hybridized carbons (Fsp3) is 1.00. The van der Waals surface area contributed by atoms with Crippen molar-refractivity contribution in [3.05, 3.63) is 0 Å². The molecule has 0 bridgehead atoms. The van der Waals surface area contributed by atoms with E-state index < -0.39 is 0 Å². The molecule has 21 heavy (non-hydrogen) atoms. The number of likely N-dealkylation sites (tertiary alicyclic amines) is 2.